The van der Waals surface area contributed by atoms with E-state index >= 15 is 0 Å². The van der Waals surface area contributed by atoms with Gasteiger partial charge in [-0.25, -0.2) is 13.6 Å². The molecule has 0 spiro atoms. The van der Waals surface area contributed by atoms with E-state index in [-0.39, 0.29) is 23.8 Å². The highest BCUT2D eigenvalue weighted by Gasteiger charge is 2.51. The largest absolute Gasteiger partial charge is 0.454 e. The van der Waals surface area contributed by atoms with Crippen molar-refractivity contribution in [2.24, 2.45) is 5.14 Å². The molecule has 0 saturated heterocycles. The van der Waals surface area contributed by atoms with E-state index in [4.69, 9.17) is 14.6 Å². The predicted molar refractivity (Wildman–Crippen MR) is 111 cm³/mol. The average Bonchev–Trinajstić information content (AvgIpc) is 3.31. The highest BCUT2D eigenvalue weighted by atomic mass is 32.2. The number of hydrogen-bond acceptors (Lipinski definition) is 6. The molecule has 0 bridgehead atoms. The number of benzene rings is 3. The zero-order valence-electron chi connectivity index (χ0n) is 16.2. The molecule has 3 aromatic carbocycles. The number of ether oxygens (including phenoxy) is 2. The Hall–Kier alpha value is -3.40. The lowest BCUT2D eigenvalue weighted by Gasteiger charge is -2.24. The molecule has 5 rings (SSSR count). The molecule has 0 aliphatic carbocycles. The molecule has 0 radical (unpaired) electrons. The van der Waals surface area contributed by atoms with Gasteiger partial charge in [0.15, 0.2) is 17.1 Å². The molecule has 2 heterocycles. The van der Waals surface area contributed by atoms with Crippen LogP contribution >= 0.6 is 0 Å². The molecule has 31 heavy (non-hydrogen) atoms. The average molecular weight is 438 g/mol. The standard InChI is InChI=1S/C22H18N2O6S/c23-31(27,28)16-8-6-15(7-9-16)22(26)17-3-1-2-4-18(17)24(21(22)25)12-14-5-10-19-20(11-14)30-13-29-19/h1-11,26H,12-13H2,(H2,23,27,28). The van der Waals surface area contributed by atoms with E-state index in [0.29, 0.717) is 22.7 Å². The Labute approximate surface area is 178 Å². The van der Waals surface area contributed by atoms with Gasteiger partial charge in [-0.2, -0.15) is 0 Å². The first-order valence-corrected chi connectivity index (χ1v) is 11.0. The number of carbonyl (C=O) groups is 1. The van der Waals surface area contributed by atoms with Gasteiger partial charge in [-0.1, -0.05) is 36.4 Å². The van der Waals surface area contributed by atoms with Crippen molar-refractivity contribution in [2.45, 2.75) is 17.0 Å². The first kappa shape index (κ1) is 19.6. The fourth-order valence-corrected chi connectivity index (χ4v) is 4.49. The third-order valence-electron chi connectivity index (χ3n) is 5.52. The maximum atomic E-state index is 13.5. The summed E-state index contributed by atoms with van der Waals surface area (Å²) in [5.74, 6) is 0.712. The van der Waals surface area contributed by atoms with Gasteiger partial charge in [0, 0.05) is 5.56 Å². The third kappa shape index (κ3) is 3.05. The van der Waals surface area contributed by atoms with Gasteiger partial charge in [-0.15, -0.1) is 0 Å². The van der Waals surface area contributed by atoms with Crippen LogP contribution in [0.1, 0.15) is 16.7 Å². The van der Waals surface area contributed by atoms with E-state index in [1.165, 1.54) is 29.2 Å². The molecule has 2 aliphatic heterocycles. The van der Waals surface area contributed by atoms with Gasteiger partial charge in [0.05, 0.1) is 17.1 Å². The quantitative estimate of drug-likeness (QED) is 0.642. The number of hydrogen-bond donors (Lipinski definition) is 2. The van der Waals surface area contributed by atoms with Crippen LogP contribution in [-0.2, 0) is 27.0 Å². The van der Waals surface area contributed by atoms with Crippen LogP contribution < -0.4 is 19.5 Å². The first-order valence-electron chi connectivity index (χ1n) is 9.44. The zero-order chi connectivity index (χ0) is 21.8. The second-order valence-corrected chi connectivity index (χ2v) is 8.94. The molecule has 0 aromatic heterocycles. The number of nitrogens with zero attached hydrogens (tertiary/aromatic N) is 1. The molecule has 1 amide bonds. The summed E-state index contributed by atoms with van der Waals surface area (Å²) in [4.78, 5) is 14.9. The summed E-state index contributed by atoms with van der Waals surface area (Å²) < 4.78 is 33.9. The molecular weight excluding hydrogens is 420 g/mol. The lowest BCUT2D eigenvalue weighted by atomic mass is 9.87. The van der Waals surface area contributed by atoms with E-state index in [0.717, 1.165) is 5.56 Å². The van der Waals surface area contributed by atoms with Crippen molar-refractivity contribution < 1.29 is 27.8 Å². The van der Waals surface area contributed by atoms with Crippen molar-refractivity contribution >= 4 is 21.6 Å². The van der Waals surface area contributed by atoms with Crippen LogP contribution in [0.2, 0.25) is 0 Å². The van der Waals surface area contributed by atoms with Crippen LogP contribution in [0.4, 0.5) is 5.69 Å². The summed E-state index contributed by atoms with van der Waals surface area (Å²) >= 11 is 0. The van der Waals surface area contributed by atoms with Gasteiger partial charge in [-0.05, 0) is 41.5 Å². The van der Waals surface area contributed by atoms with E-state index in [9.17, 15) is 18.3 Å². The zero-order valence-corrected chi connectivity index (χ0v) is 17.0. The summed E-state index contributed by atoms with van der Waals surface area (Å²) in [5, 5.41) is 16.7. The molecule has 2 aliphatic rings. The topological polar surface area (TPSA) is 119 Å². The van der Waals surface area contributed by atoms with Gasteiger partial charge in [0.1, 0.15) is 0 Å². The van der Waals surface area contributed by atoms with Crippen LogP contribution in [0, 0.1) is 0 Å². The summed E-state index contributed by atoms with van der Waals surface area (Å²) in [6, 6.07) is 17.7. The number of para-hydroxylation sites is 1. The number of anilines is 1. The Morgan fingerprint density at radius 1 is 1.00 bits per heavy atom. The van der Waals surface area contributed by atoms with Crippen molar-refractivity contribution in [2.75, 3.05) is 11.7 Å². The fourth-order valence-electron chi connectivity index (χ4n) is 3.98. The minimum absolute atomic E-state index is 0.101. The number of nitrogens with two attached hydrogens (primary N) is 1. The Morgan fingerprint density at radius 2 is 1.71 bits per heavy atom. The number of aliphatic hydroxyl groups is 1. The lowest BCUT2D eigenvalue weighted by Crippen LogP contribution is -2.40. The summed E-state index contributed by atoms with van der Waals surface area (Å²) in [7, 11) is -3.89. The third-order valence-corrected chi connectivity index (χ3v) is 6.45. The molecule has 1 atom stereocenters. The van der Waals surface area contributed by atoms with E-state index in [1.54, 1.807) is 36.4 Å². The normalized spacial score (nSPS) is 19.5. The highest BCUT2D eigenvalue weighted by molar-refractivity contribution is 7.89. The minimum Gasteiger partial charge on any atom is -0.454 e. The van der Waals surface area contributed by atoms with Crippen LogP contribution in [0.15, 0.2) is 71.6 Å². The monoisotopic (exact) mass is 438 g/mol. The van der Waals surface area contributed by atoms with E-state index in [2.05, 4.69) is 0 Å². The van der Waals surface area contributed by atoms with Crippen LogP contribution in [0.3, 0.4) is 0 Å². The first-order chi connectivity index (χ1) is 14.8. The molecule has 8 nitrogen and oxygen atoms in total. The summed E-state index contributed by atoms with van der Waals surface area (Å²) in [6.07, 6.45) is 0. The number of rotatable bonds is 4. The Kier molecular flexibility index (Phi) is 4.30. The smallest absolute Gasteiger partial charge is 0.268 e. The Morgan fingerprint density at radius 3 is 2.45 bits per heavy atom. The molecule has 3 aromatic rings. The van der Waals surface area contributed by atoms with Crippen molar-refractivity contribution in [3.05, 3.63) is 83.4 Å². The van der Waals surface area contributed by atoms with Crippen LogP contribution in [0.25, 0.3) is 0 Å². The lowest BCUT2D eigenvalue weighted by molar-refractivity contribution is -0.132. The highest BCUT2D eigenvalue weighted by Crippen LogP contribution is 2.45. The number of primary sulfonamides is 1. The summed E-state index contributed by atoms with van der Waals surface area (Å²) in [6.45, 7) is 0.364. The van der Waals surface area contributed by atoms with Crippen molar-refractivity contribution in [3.63, 3.8) is 0 Å². The van der Waals surface area contributed by atoms with Gasteiger partial charge >= 0.3 is 0 Å². The van der Waals surface area contributed by atoms with Crippen molar-refractivity contribution in [1.29, 1.82) is 0 Å². The second-order valence-electron chi connectivity index (χ2n) is 7.38. The Balaban J connectivity index is 1.55. The number of carbonyl (C=O) groups excluding carboxylic acids is 1. The number of amides is 1. The van der Waals surface area contributed by atoms with Gasteiger partial charge < -0.3 is 19.5 Å². The Bertz CT molecular complexity index is 1310. The van der Waals surface area contributed by atoms with Crippen molar-refractivity contribution in [1.82, 2.24) is 0 Å². The summed E-state index contributed by atoms with van der Waals surface area (Å²) in [5.41, 5.74) is 0.100. The van der Waals surface area contributed by atoms with Gasteiger partial charge in [0.25, 0.3) is 5.91 Å². The van der Waals surface area contributed by atoms with E-state index in [1.807, 2.05) is 6.07 Å². The molecule has 1 unspecified atom stereocenters. The molecule has 158 valence electrons. The maximum Gasteiger partial charge on any atom is 0.268 e. The molecule has 3 N–H and O–H groups in total. The molecule has 0 fully saturated rings. The van der Waals surface area contributed by atoms with Crippen LogP contribution in [-0.4, -0.2) is 26.2 Å². The van der Waals surface area contributed by atoms with Crippen molar-refractivity contribution in [3.8, 4) is 11.5 Å². The fraction of sp³-hybridized carbons (Fsp3) is 0.136. The van der Waals surface area contributed by atoms with Gasteiger partial charge in [0.2, 0.25) is 16.8 Å². The van der Waals surface area contributed by atoms with Gasteiger partial charge in [-0.3, -0.25) is 4.79 Å². The maximum absolute atomic E-state index is 13.5. The van der Waals surface area contributed by atoms with E-state index < -0.39 is 21.5 Å². The molecular formula is C22H18N2O6S. The predicted octanol–water partition coefficient (Wildman–Crippen LogP) is 1.85. The number of sulfonamides is 1. The number of fused-ring (bicyclic) bond motifs is 2. The van der Waals surface area contributed by atoms with Crippen LogP contribution in [0.5, 0.6) is 11.5 Å². The molecule has 0 saturated carbocycles. The SMILES string of the molecule is NS(=O)(=O)c1ccc(C2(O)C(=O)N(Cc3ccc4c(c3)OCO4)c3ccccc32)cc1. The second kappa shape index (κ2) is 6.81. The minimum atomic E-state index is -3.89. The molecule has 9 heteroatoms.